The van der Waals surface area contributed by atoms with Gasteiger partial charge in [0.15, 0.2) is 0 Å². The van der Waals surface area contributed by atoms with E-state index in [2.05, 4.69) is 11.7 Å². The van der Waals surface area contributed by atoms with Gasteiger partial charge in [-0.25, -0.2) is 0 Å². The Morgan fingerprint density at radius 3 is 2.63 bits per heavy atom. The Morgan fingerprint density at radius 2 is 1.96 bits per heavy atom. The van der Waals surface area contributed by atoms with Crippen molar-refractivity contribution >= 4 is 11.8 Å². The number of carbonyl (C=O) groups excluding carboxylic acids is 2. The first-order valence-corrected chi connectivity index (χ1v) is 10.5. The van der Waals surface area contributed by atoms with Crippen LogP contribution < -0.4 is 0 Å². The lowest BCUT2D eigenvalue weighted by Crippen LogP contribution is -2.23. The van der Waals surface area contributed by atoms with Crippen molar-refractivity contribution in [1.82, 2.24) is 0 Å². The van der Waals surface area contributed by atoms with E-state index in [0.717, 1.165) is 51.4 Å². The minimum absolute atomic E-state index is 0.127. The van der Waals surface area contributed by atoms with Crippen LogP contribution in [0.15, 0.2) is 12.2 Å². The Hall–Kier alpha value is -1.20. The van der Waals surface area contributed by atoms with Crippen LogP contribution in [0.25, 0.3) is 0 Å². The molecule has 5 heteroatoms. The summed E-state index contributed by atoms with van der Waals surface area (Å²) >= 11 is 0. The summed E-state index contributed by atoms with van der Waals surface area (Å²) in [5, 5.41) is 20.6. The van der Waals surface area contributed by atoms with Crippen LogP contribution in [0.3, 0.4) is 0 Å². The molecule has 0 saturated heterocycles. The molecule has 0 aromatic rings. The van der Waals surface area contributed by atoms with Crippen LogP contribution in [0.4, 0.5) is 0 Å². The van der Waals surface area contributed by atoms with E-state index in [9.17, 15) is 19.8 Å². The highest BCUT2D eigenvalue weighted by atomic mass is 16.5. The van der Waals surface area contributed by atoms with Gasteiger partial charge in [0.1, 0.15) is 5.78 Å². The van der Waals surface area contributed by atoms with E-state index in [-0.39, 0.29) is 30.0 Å². The summed E-state index contributed by atoms with van der Waals surface area (Å²) in [4.78, 5) is 23.3. The number of hydrogen-bond donors (Lipinski definition) is 2. The molecule has 5 nitrogen and oxygen atoms in total. The highest BCUT2D eigenvalue weighted by Crippen LogP contribution is 2.34. The third-order valence-electron chi connectivity index (χ3n) is 5.59. The molecule has 1 saturated carbocycles. The highest BCUT2D eigenvalue weighted by molar-refractivity contribution is 5.84. The number of aliphatic hydroxyl groups is 2. The molecule has 1 unspecified atom stereocenters. The van der Waals surface area contributed by atoms with Gasteiger partial charge in [0.05, 0.1) is 18.8 Å². The molecular weight excluding hydrogens is 344 g/mol. The predicted molar refractivity (Wildman–Crippen MR) is 106 cm³/mol. The predicted octanol–water partition coefficient (Wildman–Crippen LogP) is 3.95. The lowest BCUT2D eigenvalue weighted by Gasteiger charge is -2.22. The zero-order chi connectivity index (χ0) is 20.3. The topological polar surface area (TPSA) is 83.8 Å². The number of aliphatic hydroxyl groups excluding tert-OH is 1. The van der Waals surface area contributed by atoms with E-state index < -0.39 is 11.7 Å². The summed E-state index contributed by atoms with van der Waals surface area (Å²) in [5.74, 6) is -0.305. The fraction of sp³-hybridized carbons (Fsp3) is 0.818. The van der Waals surface area contributed by atoms with Crippen molar-refractivity contribution in [2.24, 2.45) is 11.8 Å². The summed E-state index contributed by atoms with van der Waals surface area (Å²) in [6, 6.07) is 0. The van der Waals surface area contributed by atoms with Crippen LogP contribution in [-0.2, 0) is 14.3 Å². The van der Waals surface area contributed by atoms with Crippen LogP contribution in [0.2, 0.25) is 0 Å². The Kier molecular flexibility index (Phi) is 10.9. The maximum atomic E-state index is 12.2. The Labute approximate surface area is 164 Å². The van der Waals surface area contributed by atoms with Crippen LogP contribution in [0.5, 0.6) is 0 Å². The lowest BCUT2D eigenvalue weighted by atomic mass is 9.87. The second-order valence-corrected chi connectivity index (χ2v) is 8.18. The molecule has 156 valence electrons. The van der Waals surface area contributed by atoms with Crippen LogP contribution in [0.1, 0.15) is 84.5 Å². The lowest BCUT2D eigenvalue weighted by molar-refractivity contribution is -0.140. The average molecular weight is 383 g/mol. The number of esters is 1. The molecule has 1 fully saturated rings. The number of carbonyl (C=O) groups is 2. The molecule has 0 amide bonds. The minimum Gasteiger partial charge on any atom is -0.469 e. The fourth-order valence-electron chi connectivity index (χ4n) is 3.82. The molecule has 0 radical (unpaired) electrons. The molecular formula is C22H38O5. The first-order valence-electron chi connectivity index (χ1n) is 10.5. The molecule has 0 heterocycles. The number of ether oxygens (including phenoxy) is 1. The van der Waals surface area contributed by atoms with Crippen molar-refractivity contribution in [3.8, 4) is 0 Å². The molecule has 1 aliphatic carbocycles. The van der Waals surface area contributed by atoms with E-state index in [0.29, 0.717) is 12.8 Å². The SMILES string of the molecule is CCCCC(C)(O)C/C=C/[C@@H]1[C@H](CCCCCCC(=O)OC)C(=O)C[C@@H]1O. The molecule has 0 spiro atoms. The highest BCUT2D eigenvalue weighted by Gasteiger charge is 2.39. The number of rotatable bonds is 13. The number of methoxy groups -OCH3 is 1. The first kappa shape index (κ1) is 23.8. The standard InChI is InChI=1S/C22H38O5/c1-4-5-14-22(2,26)15-10-12-18-17(19(23)16-20(18)24)11-8-6-7-9-13-21(25)27-3/h10,12,17-18,20,24,26H,4-9,11,13-16H2,1-3H3/b12-10+/t17-,18+,20-,22?/m0/s1. The van der Waals surface area contributed by atoms with Crippen LogP contribution in [-0.4, -0.2) is 40.8 Å². The van der Waals surface area contributed by atoms with Gasteiger partial charge in [0.25, 0.3) is 0 Å². The van der Waals surface area contributed by atoms with Gasteiger partial charge >= 0.3 is 5.97 Å². The minimum atomic E-state index is -0.727. The van der Waals surface area contributed by atoms with E-state index in [4.69, 9.17) is 0 Å². The van der Waals surface area contributed by atoms with Crippen molar-refractivity contribution in [2.45, 2.75) is 96.2 Å². The van der Waals surface area contributed by atoms with E-state index in [1.54, 1.807) is 0 Å². The monoisotopic (exact) mass is 382 g/mol. The van der Waals surface area contributed by atoms with Gasteiger partial charge in [-0.1, -0.05) is 51.2 Å². The molecule has 0 aliphatic heterocycles. The molecule has 0 aromatic carbocycles. The van der Waals surface area contributed by atoms with Crippen LogP contribution in [0, 0.1) is 11.8 Å². The third-order valence-corrected chi connectivity index (χ3v) is 5.59. The normalized spacial score (nSPS) is 25.1. The zero-order valence-corrected chi connectivity index (χ0v) is 17.3. The number of hydrogen-bond acceptors (Lipinski definition) is 5. The first-order chi connectivity index (χ1) is 12.8. The van der Waals surface area contributed by atoms with E-state index in [1.807, 2.05) is 19.1 Å². The molecule has 0 bridgehead atoms. The van der Waals surface area contributed by atoms with E-state index >= 15 is 0 Å². The van der Waals surface area contributed by atoms with Crippen molar-refractivity contribution in [3.63, 3.8) is 0 Å². The van der Waals surface area contributed by atoms with Gasteiger partial charge in [-0.3, -0.25) is 9.59 Å². The Bertz CT molecular complexity index is 483. The van der Waals surface area contributed by atoms with Crippen molar-refractivity contribution < 1.29 is 24.5 Å². The van der Waals surface area contributed by atoms with E-state index in [1.165, 1.54) is 7.11 Å². The summed E-state index contributed by atoms with van der Waals surface area (Å²) in [7, 11) is 1.40. The fourth-order valence-corrected chi connectivity index (χ4v) is 3.82. The Morgan fingerprint density at radius 1 is 1.26 bits per heavy atom. The second kappa shape index (κ2) is 12.3. The summed E-state index contributed by atoms with van der Waals surface area (Å²) in [6.45, 7) is 3.95. The quantitative estimate of drug-likeness (QED) is 0.286. The molecule has 4 atom stereocenters. The van der Waals surface area contributed by atoms with Gasteiger partial charge in [0.2, 0.25) is 0 Å². The molecule has 2 N–H and O–H groups in total. The number of Topliss-reactive ketones (excluding diaryl/α,β-unsaturated/α-hetero) is 1. The van der Waals surface area contributed by atoms with Gasteiger partial charge < -0.3 is 14.9 Å². The molecule has 27 heavy (non-hydrogen) atoms. The largest absolute Gasteiger partial charge is 0.469 e. The number of unbranched alkanes of at least 4 members (excludes halogenated alkanes) is 4. The van der Waals surface area contributed by atoms with Gasteiger partial charge in [0, 0.05) is 24.7 Å². The van der Waals surface area contributed by atoms with Crippen LogP contribution >= 0.6 is 0 Å². The third kappa shape index (κ3) is 9.02. The molecule has 0 aromatic heterocycles. The summed E-state index contributed by atoms with van der Waals surface area (Å²) in [6.07, 6.45) is 11.7. The second-order valence-electron chi connectivity index (χ2n) is 8.18. The zero-order valence-electron chi connectivity index (χ0n) is 17.3. The number of ketones is 1. The average Bonchev–Trinajstić information content (AvgIpc) is 2.89. The maximum Gasteiger partial charge on any atom is 0.305 e. The van der Waals surface area contributed by atoms with Gasteiger partial charge in [-0.15, -0.1) is 0 Å². The maximum absolute atomic E-state index is 12.2. The Balaban J connectivity index is 2.42. The summed E-state index contributed by atoms with van der Waals surface area (Å²) < 4.78 is 4.62. The molecule has 1 rings (SSSR count). The van der Waals surface area contributed by atoms with Crippen molar-refractivity contribution in [2.75, 3.05) is 7.11 Å². The van der Waals surface area contributed by atoms with Crippen molar-refractivity contribution in [3.05, 3.63) is 12.2 Å². The summed E-state index contributed by atoms with van der Waals surface area (Å²) in [5.41, 5.74) is -0.727. The smallest absolute Gasteiger partial charge is 0.305 e. The molecule has 1 aliphatic rings. The van der Waals surface area contributed by atoms with Crippen molar-refractivity contribution in [1.29, 1.82) is 0 Å². The van der Waals surface area contributed by atoms with Gasteiger partial charge in [-0.05, 0) is 32.6 Å². The van der Waals surface area contributed by atoms with Gasteiger partial charge in [-0.2, -0.15) is 0 Å².